The average Bonchev–Trinajstić information content (AvgIpc) is 2.80. The smallest absolute Gasteiger partial charge is 0.217 e. The highest BCUT2D eigenvalue weighted by atomic mass is 32.2. The molecule has 0 saturated carbocycles. The molecule has 0 radical (unpaired) electrons. The summed E-state index contributed by atoms with van der Waals surface area (Å²) in [6.45, 7) is 3.00. The van der Waals surface area contributed by atoms with Gasteiger partial charge >= 0.3 is 0 Å². The summed E-state index contributed by atoms with van der Waals surface area (Å²) < 4.78 is 25.8. The third kappa shape index (κ3) is 1.95. The second kappa shape index (κ2) is 4.71. The molecule has 2 aromatic rings. The minimum Gasteiger partial charge on any atom is -0.353 e. The van der Waals surface area contributed by atoms with E-state index < -0.39 is 10.0 Å². The van der Waals surface area contributed by atoms with E-state index in [1.165, 1.54) is 13.4 Å². The zero-order valence-electron chi connectivity index (χ0n) is 11.4. The van der Waals surface area contributed by atoms with Crippen LogP contribution >= 0.6 is 0 Å². The Morgan fingerprint density at radius 2 is 2.20 bits per heavy atom. The van der Waals surface area contributed by atoms with Crippen LogP contribution in [0.15, 0.2) is 12.5 Å². The number of hydrogen-bond donors (Lipinski definition) is 2. The van der Waals surface area contributed by atoms with E-state index in [9.17, 15) is 8.42 Å². The van der Waals surface area contributed by atoms with Gasteiger partial charge in [-0.1, -0.05) is 6.92 Å². The number of fused-ring (bicyclic) bond motifs is 1. The summed E-state index contributed by atoms with van der Waals surface area (Å²) >= 11 is 0. The maximum Gasteiger partial charge on any atom is 0.217 e. The molecule has 0 aliphatic carbocycles. The Morgan fingerprint density at radius 3 is 2.85 bits per heavy atom. The molecular weight excluding hydrogens is 278 g/mol. The van der Waals surface area contributed by atoms with Gasteiger partial charge in [0.25, 0.3) is 0 Å². The van der Waals surface area contributed by atoms with E-state index >= 15 is 0 Å². The molecule has 20 heavy (non-hydrogen) atoms. The van der Waals surface area contributed by atoms with Gasteiger partial charge in [0.2, 0.25) is 10.0 Å². The standard InChI is InChI=1S/C12H17N5O2S/c1-3-8-4-14-11-10(8)12(16-7-15-11)17-5-9(6-17)20(18,19)13-2/h4,7,9,13H,3,5-6H2,1-2H3,(H,14,15,16). The van der Waals surface area contributed by atoms with E-state index in [-0.39, 0.29) is 5.25 Å². The number of anilines is 1. The van der Waals surface area contributed by atoms with Gasteiger partial charge in [0.1, 0.15) is 23.0 Å². The molecule has 1 saturated heterocycles. The molecule has 0 amide bonds. The molecule has 2 N–H and O–H groups in total. The normalized spacial score (nSPS) is 16.6. The first-order valence-corrected chi connectivity index (χ1v) is 8.09. The van der Waals surface area contributed by atoms with Gasteiger partial charge in [-0.05, 0) is 19.0 Å². The minimum atomic E-state index is -3.20. The van der Waals surface area contributed by atoms with Crippen molar-refractivity contribution in [1.82, 2.24) is 19.7 Å². The lowest BCUT2D eigenvalue weighted by molar-refractivity contribution is 0.533. The van der Waals surface area contributed by atoms with Gasteiger partial charge in [-0.25, -0.2) is 23.1 Å². The number of aromatic nitrogens is 3. The lowest BCUT2D eigenvalue weighted by atomic mass is 10.1. The third-order valence-corrected chi connectivity index (χ3v) is 5.53. The van der Waals surface area contributed by atoms with Crippen LogP contribution in [0, 0.1) is 0 Å². The first-order valence-electron chi connectivity index (χ1n) is 6.55. The predicted octanol–water partition coefficient (Wildman–Crippen LogP) is 0.258. The molecule has 0 atom stereocenters. The number of aryl methyl sites for hydroxylation is 1. The highest BCUT2D eigenvalue weighted by Gasteiger charge is 2.38. The summed E-state index contributed by atoms with van der Waals surface area (Å²) in [5.74, 6) is 0.815. The van der Waals surface area contributed by atoms with Crippen molar-refractivity contribution in [3.05, 3.63) is 18.1 Å². The molecule has 2 aromatic heterocycles. The van der Waals surface area contributed by atoms with Crippen molar-refractivity contribution in [2.24, 2.45) is 0 Å². The molecule has 3 rings (SSSR count). The van der Waals surface area contributed by atoms with E-state index in [0.717, 1.165) is 28.8 Å². The summed E-state index contributed by atoms with van der Waals surface area (Å²) in [7, 11) is -1.75. The second-order valence-corrected chi connectivity index (χ2v) is 7.03. The number of nitrogens with one attached hydrogen (secondary N) is 2. The summed E-state index contributed by atoms with van der Waals surface area (Å²) in [6, 6.07) is 0. The first-order chi connectivity index (χ1) is 9.56. The Labute approximate surface area is 117 Å². The molecule has 1 aliphatic rings. The summed E-state index contributed by atoms with van der Waals surface area (Å²) in [6.07, 6.45) is 4.32. The van der Waals surface area contributed by atoms with E-state index in [0.29, 0.717) is 13.1 Å². The molecule has 1 fully saturated rings. The molecule has 1 aliphatic heterocycles. The number of nitrogens with zero attached hydrogens (tertiary/aromatic N) is 3. The fraction of sp³-hybridized carbons (Fsp3) is 0.500. The van der Waals surface area contributed by atoms with Crippen LogP contribution in [-0.4, -0.2) is 48.8 Å². The number of rotatable bonds is 4. The monoisotopic (exact) mass is 295 g/mol. The van der Waals surface area contributed by atoms with Gasteiger partial charge in [0.15, 0.2) is 0 Å². The second-order valence-electron chi connectivity index (χ2n) is 4.86. The topological polar surface area (TPSA) is 91.0 Å². The number of aromatic amines is 1. The van der Waals surface area contributed by atoms with Crippen molar-refractivity contribution in [3.63, 3.8) is 0 Å². The van der Waals surface area contributed by atoms with Crippen LogP contribution in [-0.2, 0) is 16.4 Å². The van der Waals surface area contributed by atoms with Crippen molar-refractivity contribution in [3.8, 4) is 0 Å². The summed E-state index contributed by atoms with van der Waals surface area (Å²) in [5, 5.41) is 0.622. The fourth-order valence-corrected chi connectivity index (χ4v) is 3.59. The number of sulfonamides is 1. The maximum absolute atomic E-state index is 11.7. The maximum atomic E-state index is 11.7. The number of H-pyrrole nitrogens is 1. The van der Waals surface area contributed by atoms with Gasteiger partial charge in [-0.2, -0.15) is 0 Å². The van der Waals surface area contributed by atoms with E-state index in [1.807, 2.05) is 11.1 Å². The van der Waals surface area contributed by atoms with Crippen molar-refractivity contribution in [1.29, 1.82) is 0 Å². The Balaban J connectivity index is 1.92. The Bertz CT molecular complexity index is 733. The van der Waals surface area contributed by atoms with Crippen LogP contribution in [0.5, 0.6) is 0 Å². The SMILES string of the molecule is CCc1c[nH]c2ncnc(N3CC(S(=O)(=O)NC)C3)c12. The van der Waals surface area contributed by atoms with Gasteiger partial charge < -0.3 is 9.88 Å². The van der Waals surface area contributed by atoms with Gasteiger partial charge in [-0.3, -0.25) is 0 Å². The first kappa shape index (κ1) is 13.3. The van der Waals surface area contributed by atoms with Crippen LogP contribution in [0.2, 0.25) is 0 Å². The van der Waals surface area contributed by atoms with Crippen LogP contribution in [0.3, 0.4) is 0 Å². The molecule has 108 valence electrons. The molecule has 0 spiro atoms. The Hall–Kier alpha value is -1.67. The molecule has 3 heterocycles. The largest absolute Gasteiger partial charge is 0.353 e. The fourth-order valence-electron chi connectivity index (χ4n) is 2.50. The van der Waals surface area contributed by atoms with Gasteiger partial charge in [-0.15, -0.1) is 0 Å². The van der Waals surface area contributed by atoms with Crippen molar-refractivity contribution in [2.75, 3.05) is 25.0 Å². The zero-order valence-corrected chi connectivity index (χ0v) is 12.2. The Kier molecular flexibility index (Phi) is 3.14. The van der Waals surface area contributed by atoms with E-state index in [4.69, 9.17) is 0 Å². The molecule has 8 heteroatoms. The highest BCUT2D eigenvalue weighted by molar-refractivity contribution is 7.90. The van der Waals surface area contributed by atoms with E-state index in [2.05, 4.69) is 26.6 Å². The van der Waals surface area contributed by atoms with Crippen LogP contribution in [0.1, 0.15) is 12.5 Å². The minimum absolute atomic E-state index is 0.374. The quantitative estimate of drug-likeness (QED) is 0.844. The van der Waals surface area contributed by atoms with E-state index in [1.54, 1.807) is 0 Å². The molecular formula is C12H17N5O2S. The van der Waals surface area contributed by atoms with Crippen molar-refractivity contribution in [2.45, 2.75) is 18.6 Å². The van der Waals surface area contributed by atoms with Crippen LogP contribution in [0.25, 0.3) is 11.0 Å². The molecule has 0 aromatic carbocycles. The van der Waals surface area contributed by atoms with Gasteiger partial charge in [0.05, 0.1) is 5.39 Å². The number of hydrogen-bond acceptors (Lipinski definition) is 5. The summed E-state index contributed by atoms with van der Waals surface area (Å²) in [4.78, 5) is 13.7. The molecule has 7 nitrogen and oxygen atoms in total. The lowest BCUT2D eigenvalue weighted by Gasteiger charge is -2.39. The van der Waals surface area contributed by atoms with Crippen molar-refractivity contribution < 1.29 is 8.42 Å². The highest BCUT2D eigenvalue weighted by Crippen LogP contribution is 2.30. The average molecular weight is 295 g/mol. The molecule has 0 bridgehead atoms. The van der Waals surface area contributed by atoms with Crippen molar-refractivity contribution >= 4 is 26.9 Å². The zero-order chi connectivity index (χ0) is 14.3. The van der Waals surface area contributed by atoms with Crippen LogP contribution in [0.4, 0.5) is 5.82 Å². The summed E-state index contributed by atoms with van der Waals surface area (Å²) in [5.41, 5.74) is 1.95. The Morgan fingerprint density at radius 1 is 1.45 bits per heavy atom. The third-order valence-electron chi connectivity index (χ3n) is 3.78. The lowest BCUT2D eigenvalue weighted by Crippen LogP contribution is -2.57. The predicted molar refractivity (Wildman–Crippen MR) is 77.2 cm³/mol. The molecule has 0 unspecified atom stereocenters. The van der Waals surface area contributed by atoms with Crippen LogP contribution < -0.4 is 9.62 Å². The van der Waals surface area contributed by atoms with Gasteiger partial charge in [0, 0.05) is 19.3 Å².